The van der Waals surface area contributed by atoms with E-state index in [1.165, 1.54) is 16.5 Å². The second-order valence-electron chi connectivity index (χ2n) is 4.40. The maximum atomic E-state index is 2.99. The fraction of sp³-hybridized carbons (Fsp3) is 0.0556. The molecule has 0 saturated carbocycles. The van der Waals surface area contributed by atoms with Gasteiger partial charge in [0.05, 0.1) is 0 Å². The maximum Gasteiger partial charge on any atom is 2.00 e. The third-order valence-corrected chi connectivity index (χ3v) is 3.13. The number of rotatable bonds is 1. The van der Waals surface area contributed by atoms with E-state index in [2.05, 4.69) is 65.5 Å². The summed E-state index contributed by atoms with van der Waals surface area (Å²) in [6.45, 7) is 0. The molecule has 0 fully saturated rings. The van der Waals surface area contributed by atoms with Crippen LogP contribution in [0.1, 0.15) is 6.42 Å². The van der Waals surface area contributed by atoms with Crippen molar-refractivity contribution in [3.63, 3.8) is 0 Å². The van der Waals surface area contributed by atoms with E-state index in [1.807, 2.05) is 24.3 Å². The summed E-state index contributed by atoms with van der Waals surface area (Å²) in [6.07, 6.45) is 14.1. The van der Waals surface area contributed by atoms with E-state index in [-0.39, 0.29) is 51.0 Å². The van der Waals surface area contributed by atoms with E-state index in [9.17, 15) is 0 Å². The first-order valence-electron chi connectivity index (χ1n) is 6.45. The van der Waals surface area contributed by atoms with E-state index in [0.29, 0.717) is 0 Å². The first-order chi connectivity index (χ1) is 9.45. The minimum absolute atomic E-state index is 0. The smallest absolute Gasteiger partial charge is 0.403 e. The van der Waals surface area contributed by atoms with Crippen LogP contribution in [0, 0.1) is 6.08 Å². The van der Waals surface area contributed by atoms with Gasteiger partial charge in [0.2, 0.25) is 0 Å². The van der Waals surface area contributed by atoms with Gasteiger partial charge in [-0.25, -0.2) is 12.2 Å². The first-order valence-corrected chi connectivity index (χ1v) is 6.45. The number of fused-ring (bicyclic) bond motifs is 1. The van der Waals surface area contributed by atoms with Crippen LogP contribution in [-0.2, 0) is 26.2 Å². The molecule has 0 spiro atoms. The summed E-state index contributed by atoms with van der Waals surface area (Å²) >= 11 is 0. The first kappa shape index (κ1) is 21.1. The predicted molar refractivity (Wildman–Crippen MR) is 94.9 cm³/mol. The van der Waals surface area contributed by atoms with Crippen molar-refractivity contribution >= 4 is 35.6 Å². The molecule has 0 unspecified atom stereocenters. The summed E-state index contributed by atoms with van der Waals surface area (Å²) in [6, 6.07) is 16.9. The summed E-state index contributed by atoms with van der Waals surface area (Å²) in [5.74, 6) is 0. The fourth-order valence-electron chi connectivity index (χ4n) is 2.19. The van der Waals surface area contributed by atoms with E-state index >= 15 is 0 Å². The van der Waals surface area contributed by atoms with E-state index in [1.54, 1.807) is 0 Å². The number of aromatic nitrogens is 1. The molecule has 0 bridgehead atoms. The van der Waals surface area contributed by atoms with Gasteiger partial charge in [0.15, 0.2) is 0 Å². The van der Waals surface area contributed by atoms with Crippen LogP contribution in [0.5, 0.6) is 0 Å². The van der Waals surface area contributed by atoms with Gasteiger partial charge < -0.3 is 4.57 Å². The van der Waals surface area contributed by atoms with E-state index in [0.717, 1.165) is 6.42 Å². The summed E-state index contributed by atoms with van der Waals surface area (Å²) in [4.78, 5) is 0. The second-order valence-corrected chi connectivity index (χ2v) is 4.40. The van der Waals surface area contributed by atoms with Crippen molar-refractivity contribution in [1.82, 2.24) is 4.57 Å². The summed E-state index contributed by atoms with van der Waals surface area (Å²) in [5, 5.41) is 2.61. The van der Waals surface area contributed by atoms with Crippen LogP contribution < -0.4 is 0 Å². The predicted octanol–water partition coefficient (Wildman–Crippen LogP) is 5.50. The van der Waals surface area contributed by atoms with Crippen molar-refractivity contribution in [1.29, 1.82) is 0 Å². The third kappa shape index (κ3) is 5.05. The molecule has 0 radical (unpaired) electrons. The third-order valence-electron chi connectivity index (χ3n) is 3.13. The molecular weight excluding hydrogens is 392 g/mol. The van der Waals surface area contributed by atoms with Gasteiger partial charge >= 0.3 is 26.2 Å². The van der Waals surface area contributed by atoms with Crippen molar-refractivity contribution in [3.8, 4) is 5.69 Å². The Hall–Kier alpha value is -0.947. The molecule has 4 heteroatoms. The zero-order valence-corrected chi connectivity index (χ0v) is 16.1. The summed E-state index contributed by atoms with van der Waals surface area (Å²) in [7, 11) is 0. The largest absolute Gasteiger partial charge is 2.00 e. The zero-order valence-electron chi connectivity index (χ0n) is 12.0. The molecule has 0 N–H and O–H groups in total. The van der Waals surface area contributed by atoms with E-state index < -0.39 is 0 Å². The SMILES string of the molecule is Cl.Cl.[C-]1=CC=CC1.[Zr+2].c1ccc2c(c1)cc[c-]2-n1cccc1. The van der Waals surface area contributed by atoms with Gasteiger partial charge in [0.25, 0.3) is 0 Å². The molecule has 3 aromatic rings. The molecule has 4 rings (SSSR count). The van der Waals surface area contributed by atoms with Crippen molar-refractivity contribution in [3.05, 3.63) is 85.2 Å². The molecule has 2 aromatic carbocycles. The number of halogens is 2. The van der Waals surface area contributed by atoms with Gasteiger partial charge in [-0.1, -0.05) is 47.2 Å². The molecule has 1 aliphatic carbocycles. The van der Waals surface area contributed by atoms with Gasteiger partial charge in [-0.3, -0.25) is 6.08 Å². The Kier molecular flexibility index (Phi) is 10.3. The molecule has 1 aliphatic rings. The molecule has 0 saturated heterocycles. The van der Waals surface area contributed by atoms with Gasteiger partial charge in [0, 0.05) is 0 Å². The standard InChI is InChI=1S/C13H10N.C5H5.2ClH.Zr/c1-2-6-12-11(5-1)7-8-13(12)14-9-3-4-10-14;1-2-4-5-3-1;;;/h1-10H;1-3H,4H2;2*1H;/q2*-1;;;+2. The number of allylic oxidation sites excluding steroid dienone is 4. The number of benzene rings is 1. The Morgan fingerprint density at radius 1 is 0.955 bits per heavy atom. The van der Waals surface area contributed by atoms with Crippen molar-refractivity contribution in [2.75, 3.05) is 0 Å². The number of nitrogens with zero attached hydrogens (tertiary/aromatic N) is 1. The molecule has 1 heterocycles. The fourth-order valence-corrected chi connectivity index (χ4v) is 2.19. The van der Waals surface area contributed by atoms with Crippen LogP contribution in [0.4, 0.5) is 0 Å². The molecule has 0 amide bonds. The summed E-state index contributed by atoms with van der Waals surface area (Å²) < 4.78 is 2.14. The minimum Gasteiger partial charge on any atom is -0.403 e. The topological polar surface area (TPSA) is 4.93 Å². The molecule has 1 aromatic heterocycles. The minimum atomic E-state index is 0. The normalized spacial score (nSPS) is 10.9. The van der Waals surface area contributed by atoms with Crippen LogP contribution in [0.3, 0.4) is 0 Å². The van der Waals surface area contributed by atoms with Crippen molar-refractivity contribution < 1.29 is 26.2 Å². The number of hydrogen-bond donors (Lipinski definition) is 0. The van der Waals surface area contributed by atoms with Gasteiger partial charge in [-0.05, 0) is 18.1 Å². The molecule has 1 nitrogen and oxygen atoms in total. The average molecular weight is 409 g/mol. The van der Waals surface area contributed by atoms with Crippen molar-refractivity contribution in [2.24, 2.45) is 0 Å². The Labute approximate surface area is 163 Å². The van der Waals surface area contributed by atoms with Crippen LogP contribution in [0.15, 0.2) is 79.2 Å². The second kappa shape index (κ2) is 10.7. The van der Waals surface area contributed by atoms with Crippen LogP contribution in [-0.4, -0.2) is 4.57 Å². The van der Waals surface area contributed by atoms with Crippen molar-refractivity contribution in [2.45, 2.75) is 6.42 Å². The summed E-state index contributed by atoms with van der Waals surface area (Å²) in [5.41, 5.74) is 1.26. The molecular formula is C18H17Cl2NZr. The molecule has 112 valence electrons. The molecule has 22 heavy (non-hydrogen) atoms. The van der Waals surface area contributed by atoms with E-state index in [4.69, 9.17) is 0 Å². The Bertz CT molecular complexity index is 702. The van der Waals surface area contributed by atoms with Crippen LogP contribution in [0.2, 0.25) is 0 Å². The van der Waals surface area contributed by atoms with Gasteiger partial charge in [-0.15, -0.1) is 43.4 Å². The Balaban J connectivity index is 0.000000482. The van der Waals surface area contributed by atoms with Gasteiger partial charge in [-0.2, -0.15) is 6.08 Å². The van der Waals surface area contributed by atoms with Crippen LogP contribution in [0.25, 0.3) is 16.5 Å². The Morgan fingerprint density at radius 2 is 1.68 bits per heavy atom. The average Bonchev–Trinajstić information content (AvgIpc) is 3.21. The molecule has 0 aliphatic heterocycles. The maximum absolute atomic E-state index is 2.99. The molecule has 0 atom stereocenters. The quantitative estimate of drug-likeness (QED) is 0.468. The van der Waals surface area contributed by atoms with Crippen LogP contribution >= 0.6 is 24.8 Å². The Morgan fingerprint density at radius 3 is 2.27 bits per heavy atom. The monoisotopic (exact) mass is 407 g/mol. The van der Waals surface area contributed by atoms with Gasteiger partial charge in [0.1, 0.15) is 0 Å². The zero-order chi connectivity index (χ0) is 12.9. The number of hydrogen-bond acceptors (Lipinski definition) is 0.